The van der Waals surface area contributed by atoms with Gasteiger partial charge in [-0.15, -0.1) is 11.3 Å². The van der Waals surface area contributed by atoms with Gasteiger partial charge in [0.05, 0.1) is 6.54 Å². The highest BCUT2D eigenvalue weighted by molar-refractivity contribution is 9.10. The van der Waals surface area contributed by atoms with Crippen molar-refractivity contribution in [2.24, 2.45) is 0 Å². The molecule has 2 aromatic rings. The molecule has 0 unspecified atom stereocenters. The van der Waals surface area contributed by atoms with Gasteiger partial charge in [-0.1, -0.05) is 0 Å². The maximum Gasteiger partial charge on any atom is 0.272 e. The van der Waals surface area contributed by atoms with Crippen molar-refractivity contribution in [2.45, 2.75) is 6.54 Å². The first-order valence-electron chi connectivity index (χ1n) is 5.16. The zero-order chi connectivity index (χ0) is 13.1. The molecule has 6 heteroatoms. The number of hydrogen-bond acceptors (Lipinski definition) is 3. The van der Waals surface area contributed by atoms with Gasteiger partial charge in [0.1, 0.15) is 5.69 Å². The number of thiophene rings is 1. The number of amides is 1. The Balaban J connectivity index is 2.07. The van der Waals surface area contributed by atoms with Gasteiger partial charge in [0.15, 0.2) is 0 Å². The van der Waals surface area contributed by atoms with Gasteiger partial charge in [-0.05, 0) is 50.1 Å². The standard InChI is InChI=1S/C12H10Br2N2OS/c1-16(6-10-4-9(14)7-18-10)12(17)11-3-2-8(13)5-15-11/h2-5,7H,6H2,1H3. The van der Waals surface area contributed by atoms with E-state index in [1.165, 1.54) is 0 Å². The minimum absolute atomic E-state index is 0.0768. The Morgan fingerprint density at radius 3 is 2.72 bits per heavy atom. The lowest BCUT2D eigenvalue weighted by molar-refractivity contribution is 0.0780. The first-order chi connectivity index (χ1) is 8.56. The van der Waals surface area contributed by atoms with Crippen LogP contribution >= 0.6 is 43.2 Å². The van der Waals surface area contributed by atoms with Crippen LogP contribution in [0.5, 0.6) is 0 Å². The molecule has 0 spiro atoms. The first kappa shape index (κ1) is 13.7. The molecule has 1 amide bonds. The van der Waals surface area contributed by atoms with Crippen LogP contribution in [0.15, 0.2) is 38.7 Å². The van der Waals surface area contributed by atoms with Gasteiger partial charge < -0.3 is 4.90 Å². The number of nitrogens with zero attached hydrogens (tertiary/aromatic N) is 2. The second-order valence-corrected chi connectivity index (χ2v) is 6.58. The summed E-state index contributed by atoms with van der Waals surface area (Å²) in [5.41, 5.74) is 0.455. The maximum absolute atomic E-state index is 12.1. The Hall–Kier alpha value is -0.720. The highest BCUT2D eigenvalue weighted by Crippen LogP contribution is 2.21. The van der Waals surface area contributed by atoms with Crippen molar-refractivity contribution < 1.29 is 4.79 Å². The van der Waals surface area contributed by atoms with Crippen LogP contribution in [0.25, 0.3) is 0 Å². The largest absolute Gasteiger partial charge is 0.335 e. The molecule has 2 aromatic heterocycles. The predicted molar refractivity (Wildman–Crippen MR) is 79.8 cm³/mol. The second-order valence-electron chi connectivity index (χ2n) is 3.75. The molecule has 0 atom stereocenters. The molecule has 0 bridgehead atoms. The molecule has 0 saturated heterocycles. The normalized spacial score (nSPS) is 10.4. The number of pyridine rings is 1. The van der Waals surface area contributed by atoms with E-state index in [-0.39, 0.29) is 5.91 Å². The fourth-order valence-corrected chi connectivity index (χ4v) is 3.18. The summed E-state index contributed by atoms with van der Waals surface area (Å²) >= 11 is 8.32. The SMILES string of the molecule is CN(Cc1cc(Br)cs1)C(=O)c1ccc(Br)cn1. The molecule has 0 aliphatic rings. The topological polar surface area (TPSA) is 33.2 Å². The molecular weight excluding hydrogens is 380 g/mol. The minimum atomic E-state index is -0.0768. The monoisotopic (exact) mass is 388 g/mol. The number of halogens is 2. The van der Waals surface area contributed by atoms with Crippen molar-refractivity contribution >= 4 is 49.1 Å². The molecule has 0 saturated carbocycles. The number of carbonyl (C=O) groups is 1. The summed E-state index contributed by atoms with van der Waals surface area (Å²) in [4.78, 5) is 19.0. The molecule has 2 rings (SSSR count). The quantitative estimate of drug-likeness (QED) is 0.796. The molecule has 0 aliphatic carbocycles. The molecule has 3 nitrogen and oxygen atoms in total. The highest BCUT2D eigenvalue weighted by Gasteiger charge is 2.13. The van der Waals surface area contributed by atoms with Crippen molar-refractivity contribution in [1.82, 2.24) is 9.88 Å². The first-order valence-corrected chi connectivity index (χ1v) is 7.63. The summed E-state index contributed by atoms with van der Waals surface area (Å²) in [7, 11) is 1.78. The summed E-state index contributed by atoms with van der Waals surface area (Å²) in [6.07, 6.45) is 1.63. The van der Waals surface area contributed by atoms with E-state index in [0.29, 0.717) is 12.2 Å². The maximum atomic E-state index is 12.1. The molecule has 2 heterocycles. The molecule has 0 radical (unpaired) electrons. The van der Waals surface area contributed by atoms with E-state index in [1.807, 2.05) is 17.5 Å². The van der Waals surface area contributed by atoms with Crippen LogP contribution in [-0.4, -0.2) is 22.8 Å². The number of aromatic nitrogens is 1. The lowest BCUT2D eigenvalue weighted by Crippen LogP contribution is -2.26. The third-order valence-corrected chi connectivity index (χ3v) is 4.46. The van der Waals surface area contributed by atoms with Crippen molar-refractivity contribution in [3.63, 3.8) is 0 Å². The van der Waals surface area contributed by atoms with Crippen molar-refractivity contribution in [1.29, 1.82) is 0 Å². The van der Waals surface area contributed by atoms with Crippen LogP contribution in [-0.2, 0) is 6.54 Å². The molecule has 0 N–H and O–H groups in total. The zero-order valence-corrected chi connectivity index (χ0v) is 13.5. The molecule has 0 aliphatic heterocycles. The Bertz CT molecular complexity index is 553. The summed E-state index contributed by atoms with van der Waals surface area (Å²) in [5.74, 6) is -0.0768. The van der Waals surface area contributed by atoms with Crippen molar-refractivity contribution in [3.8, 4) is 0 Å². The summed E-state index contributed by atoms with van der Waals surface area (Å²) < 4.78 is 1.91. The fourth-order valence-electron chi connectivity index (χ4n) is 1.44. The highest BCUT2D eigenvalue weighted by atomic mass is 79.9. The van der Waals surface area contributed by atoms with E-state index in [9.17, 15) is 4.79 Å². The smallest absolute Gasteiger partial charge is 0.272 e. The van der Waals surface area contributed by atoms with Gasteiger partial charge in [-0.3, -0.25) is 4.79 Å². The van der Waals surface area contributed by atoms with Crippen molar-refractivity contribution in [3.05, 3.63) is 49.3 Å². The Morgan fingerprint density at radius 2 is 2.17 bits per heavy atom. The van der Waals surface area contributed by atoms with Crippen LogP contribution in [0, 0.1) is 0 Å². The van der Waals surface area contributed by atoms with E-state index < -0.39 is 0 Å². The third kappa shape index (κ3) is 3.40. The van der Waals surface area contributed by atoms with Crippen LogP contribution in [0.1, 0.15) is 15.4 Å². The third-order valence-electron chi connectivity index (χ3n) is 2.31. The number of hydrogen-bond donors (Lipinski definition) is 0. The van der Waals surface area contributed by atoms with Crippen LogP contribution < -0.4 is 0 Å². The van der Waals surface area contributed by atoms with Gasteiger partial charge in [0.2, 0.25) is 0 Å². The lowest BCUT2D eigenvalue weighted by Gasteiger charge is -2.15. The summed E-state index contributed by atoms with van der Waals surface area (Å²) in [5, 5.41) is 2.01. The number of carbonyl (C=O) groups excluding carboxylic acids is 1. The van der Waals surface area contributed by atoms with Gasteiger partial charge in [-0.2, -0.15) is 0 Å². The number of rotatable bonds is 3. The van der Waals surface area contributed by atoms with E-state index in [1.54, 1.807) is 35.5 Å². The zero-order valence-electron chi connectivity index (χ0n) is 9.56. The molecular formula is C12H10Br2N2OS. The summed E-state index contributed by atoms with van der Waals surface area (Å²) in [6, 6.07) is 5.55. The van der Waals surface area contributed by atoms with Gasteiger partial charge in [0, 0.05) is 32.4 Å². The van der Waals surface area contributed by atoms with Gasteiger partial charge >= 0.3 is 0 Å². The fraction of sp³-hybridized carbons (Fsp3) is 0.167. The lowest BCUT2D eigenvalue weighted by atomic mass is 10.3. The molecule has 0 aromatic carbocycles. The van der Waals surface area contributed by atoms with Gasteiger partial charge in [0.25, 0.3) is 5.91 Å². The Kier molecular flexibility index (Phi) is 4.53. The van der Waals surface area contributed by atoms with Crippen LogP contribution in [0.4, 0.5) is 0 Å². The molecule has 94 valence electrons. The minimum Gasteiger partial charge on any atom is -0.335 e. The van der Waals surface area contributed by atoms with Crippen LogP contribution in [0.2, 0.25) is 0 Å². The predicted octanol–water partition coefficient (Wildman–Crippen LogP) is 3.94. The average molecular weight is 390 g/mol. The summed E-state index contributed by atoms with van der Waals surface area (Å²) in [6.45, 7) is 0.590. The molecule has 18 heavy (non-hydrogen) atoms. The van der Waals surface area contributed by atoms with Crippen molar-refractivity contribution in [2.75, 3.05) is 7.05 Å². The van der Waals surface area contributed by atoms with E-state index in [4.69, 9.17) is 0 Å². The van der Waals surface area contributed by atoms with E-state index in [0.717, 1.165) is 13.8 Å². The van der Waals surface area contributed by atoms with E-state index >= 15 is 0 Å². The molecule has 0 fully saturated rings. The Morgan fingerprint density at radius 1 is 1.39 bits per heavy atom. The van der Waals surface area contributed by atoms with Crippen LogP contribution in [0.3, 0.4) is 0 Å². The van der Waals surface area contributed by atoms with E-state index in [2.05, 4.69) is 36.8 Å². The Labute approximate surface area is 126 Å². The van der Waals surface area contributed by atoms with Gasteiger partial charge in [-0.25, -0.2) is 4.98 Å². The average Bonchev–Trinajstić information content (AvgIpc) is 2.75. The second kappa shape index (κ2) is 5.95.